The lowest BCUT2D eigenvalue weighted by Gasteiger charge is -2.14. The molecule has 0 unspecified atom stereocenters. The highest BCUT2D eigenvalue weighted by Gasteiger charge is 2.30. The molecule has 0 fully saturated rings. The van der Waals surface area contributed by atoms with E-state index < -0.39 is 35.8 Å². The normalized spacial score (nSPS) is 11.5. The molecule has 1 N–H and O–H groups in total. The topological polar surface area (TPSA) is 94.8 Å². The molecule has 0 radical (unpaired) electrons. The third-order valence-electron chi connectivity index (χ3n) is 6.14. The molecular weight excluding hydrogens is 527 g/mol. The van der Waals surface area contributed by atoms with Gasteiger partial charge >= 0.3 is 17.8 Å². The lowest BCUT2D eigenvalue weighted by molar-refractivity contribution is -0.137. The van der Waals surface area contributed by atoms with E-state index >= 15 is 0 Å². The molecule has 7 nitrogen and oxygen atoms in total. The lowest BCUT2D eigenvalue weighted by Crippen LogP contribution is -2.21. The van der Waals surface area contributed by atoms with Crippen LogP contribution in [0.5, 0.6) is 5.75 Å². The van der Waals surface area contributed by atoms with Crippen LogP contribution in [0.4, 0.5) is 18.9 Å². The summed E-state index contributed by atoms with van der Waals surface area (Å²) in [5, 5.41) is 2.99. The number of alkyl halides is 3. The largest absolute Gasteiger partial charge is 0.483 e. The molecule has 0 aliphatic carbocycles. The van der Waals surface area contributed by atoms with Gasteiger partial charge in [-0.15, -0.1) is 0 Å². The van der Waals surface area contributed by atoms with Crippen molar-refractivity contribution < 1.29 is 36.7 Å². The predicted molar refractivity (Wildman–Crippen MR) is 142 cm³/mol. The number of carbonyl (C=O) groups excluding carboxylic acids is 2. The highest BCUT2D eigenvalue weighted by Crippen LogP contribution is 2.31. The Labute approximate surface area is 227 Å². The number of benzene rings is 3. The van der Waals surface area contributed by atoms with Crippen LogP contribution < -0.4 is 15.7 Å². The van der Waals surface area contributed by atoms with Gasteiger partial charge in [-0.1, -0.05) is 32.0 Å². The Morgan fingerprint density at radius 1 is 1.00 bits per heavy atom. The van der Waals surface area contributed by atoms with Crippen LogP contribution in [0.25, 0.3) is 11.0 Å². The van der Waals surface area contributed by atoms with Gasteiger partial charge in [-0.25, -0.2) is 9.59 Å². The van der Waals surface area contributed by atoms with Crippen molar-refractivity contribution in [3.05, 3.63) is 105 Å². The van der Waals surface area contributed by atoms with Crippen LogP contribution in [-0.2, 0) is 22.3 Å². The number of anilines is 1. The summed E-state index contributed by atoms with van der Waals surface area (Å²) in [6.45, 7) is 5.24. The molecular formula is C30H26F3NO6. The van der Waals surface area contributed by atoms with E-state index in [2.05, 4.69) is 5.32 Å². The van der Waals surface area contributed by atoms with Crippen molar-refractivity contribution in [2.24, 2.45) is 0 Å². The number of fused-ring (bicyclic) bond motifs is 1. The van der Waals surface area contributed by atoms with Crippen molar-refractivity contribution in [3.8, 4) is 5.75 Å². The molecule has 4 aromatic rings. The van der Waals surface area contributed by atoms with Crippen LogP contribution >= 0.6 is 0 Å². The second kappa shape index (κ2) is 11.6. The lowest BCUT2D eigenvalue weighted by atomic mass is 9.95. The maximum atomic E-state index is 12.9. The van der Waals surface area contributed by atoms with Gasteiger partial charge < -0.3 is 19.2 Å². The summed E-state index contributed by atoms with van der Waals surface area (Å²) in [5.74, 6) is -1.21. The summed E-state index contributed by atoms with van der Waals surface area (Å²) in [7, 11) is 0. The molecule has 0 spiro atoms. The van der Waals surface area contributed by atoms with Crippen LogP contribution in [0.1, 0.15) is 52.4 Å². The van der Waals surface area contributed by atoms with Crippen molar-refractivity contribution >= 4 is 28.5 Å². The molecule has 1 heterocycles. The van der Waals surface area contributed by atoms with E-state index in [1.54, 1.807) is 18.2 Å². The first-order valence-corrected chi connectivity index (χ1v) is 12.4. The van der Waals surface area contributed by atoms with E-state index in [0.29, 0.717) is 16.5 Å². The highest BCUT2D eigenvalue weighted by molar-refractivity contribution is 5.94. The predicted octanol–water partition coefficient (Wildman–Crippen LogP) is 6.62. The van der Waals surface area contributed by atoms with Crippen molar-refractivity contribution in [2.75, 3.05) is 11.9 Å². The summed E-state index contributed by atoms with van der Waals surface area (Å²) < 4.78 is 55.1. The molecule has 0 saturated heterocycles. The Morgan fingerprint density at radius 3 is 2.48 bits per heavy atom. The second-order valence-electron chi connectivity index (χ2n) is 9.44. The fourth-order valence-electron chi connectivity index (χ4n) is 4.23. The zero-order chi connectivity index (χ0) is 29.0. The minimum atomic E-state index is -4.55. The van der Waals surface area contributed by atoms with Crippen molar-refractivity contribution in [1.82, 2.24) is 0 Å². The molecule has 0 bridgehead atoms. The average molecular weight is 554 g/mol. The van der Waals surface area contributed by atoms with Crippen molar-refractivity contribution in [2.45, 2.75) is 39.5 Å². The summed E-state index contributed by atoms with van der Waals surface area (Å²) in [6, 6.07) is 15.2. The molecule has 40 heavy (non-hydrogen) atoms. The average Bonchev–Trinajstić information content (AvgIpc) is 2.89. The molecule has 0 aliphatic heterocycles. The number of rotatable bonds is 8. The number of esters is 1. The second-order valence-corrected chi connectivity index (χ2v) is 9.44. The van der Waals surface area contributed by atoms with Crippen LogP contribution in [0.2, 0.25) is 0 Å². The number of amides is 1. The minimum absolute atomic E-state index is 0.0281. The van der Waals surface area contributed by atoms with Crippen molar-refractivity contribution in [3.63, 3.8) is 0 Å². The van der Waals surface area contributed by atoms with Gasteiger partial charge in [0.1, 0.15) is 23.5 Å². The molecule has 0 aliphatic rings. The van der Waals surface area contributed by atoms with E-state index in [-0.39, 0.29) is 29.5 Å². The summed E-state index contributed by atoms with van der Waals surface area (Å²) in [4.78, 5) is 37.4. The Kier molecular flexibility index (Phi) is 8.27. The maximum absolute atomic E-state index is 12.9. The third-order valence-corrected chi connectivity index (χ3v) is 6.14. The number of carbonyl (C=O) groups is 2. The van der Waals surface area contributed by atoms with E-state index in [0.717, 1.165) is 23.3 Å². The molecule has 208 valence electrons. The third kappa shape index (κ3) is 6.69. The fraction of sp³-hybridized carbons (Fsp3) is 0.233. The van der Waals surface area contributed by atoms with E-state index in [4.69, 9.17) is 13.9 Å². The first-order chi connectivity index (χ1) is 18.9. The Hall–Kier alpha value is -4.60. The number of aryl methyl sites for hydroxylation is 1. The van der Waals surface area contributed by atoms with Gasteiger partial charge in [0.15, 0.2) is 6.61 Å². The summed E-state index contributed by atoms with van der Waals surface area (Å²) in [5.41, 5.74) is 1.40. The van der Waals surface area contributed by atoms with Crippen LogP contribution in [-0.4, -0.2) is 18.5 Å². The van der Waals surface area contributed by atoms with Crippen molar-refractivity contribution in [1.29, 1.82) is 0 Å². The molecule has 1 amide bonds. The van der Waals surface area contributed by atoms with Gasteiger partial charge in [0.05, 0.1) is 5.56 Å². The van der Waals surface area contributed by atoms with Gasteiger partial charge in [0.25, 0.3) is 5.91 Å². The summed E-state index contributed by atoms with van der Waals surface area (Å²) in [6.07, 6.45) is -4.55. The van der Waals surface area contributed by atoms with Gasteiger partial charge in [-0.3, -0.25) is 4.79 Å². The zero-order valence-electron chi connectivity index (χ0n) is 21.9. The molecule has 0 atom stereocenters. The SMILES string of the molecule is Cc1cc2oc(=O)cc(COC(=O)c3ccccc3OCC(=O)Nc3cccc(C(F)(F)F)c3)c2cc1C(C)C. The van der Waals surface area contributed by atoms with E-state index in [1.807, 2.05) is 26.8 Å². The quantitative estimate of drug-likeness (QED) is 0.195. The van der Waals surface area contributed by atoms with E-state index in [1.165, 1.54) is 30.3 Å². The summed E-state index contributed by atoms with van der Waals surface area (Å²) >= 11 is 0. The van der Waals surface area contributed by atoms with Crippen LogP contribution in [0.3, 0.4) is 0 Å². The number of hydrogen-bond donors (Lipinski definition) is 1. The number of para-hydroxylation sites is 1. The smallest absolute Gasteiger partial charge is 0.416 e. The number of nitrogens with one attached hydrogen (secondary N) is 1. The standard InChI is InChI=1S/C30H26F3NO6/c1-17(2)23-14-24-19(12-28(36)40-26(24)11-18(23)3)15-39-29(37)22-9-4-5-10-25(22)38-16-27(35)34-21-8-6-7-20(13-21)30(31,32)33/h4-14,17H,15-16H2,1-3H3,(H,34,35). The van der Waals surface area contributed by atoms with Gasteiger partial charge in [0.2, 0.25) is 0 Å². The van der Waals surface area contributed by atoms with Crippen LogP contribution in [0, 0.1) is 6.92 Å². The Balaban J connectivity index is 1.46. The Bertz CT molecular complexity index is 1620. The molecule has 10 heteroatoms. The maximum Gasteiger partial charge on any atom is 0.416 e. The first kappa shape index (κ1) is 28.4. The molecule has 4 rings (SSSR count). The molecule has 1 aromatic heterocycles. The number of hydrogen-bond acceptors (Lipinski definition) is 6. The zero-order valence-corrected chi connectivity index (χ0v) is 21.9. The molecule has 3 aromatic carbocycles. The Morgan fingerprint density at radius 2 is 1.75 bits per heavy atom. The fourth-order valence-corrected chi connectivity index (χ4v) is 4.23. The van der Waals surface area contributed by atoms with E-state index in [9.17, 15) is 27.6 Å². The highest BCUT2D eigenvalue weighted by atomic mass is 19.4. The van der Waals surface area contributed by atoms with Crippen LogP contribution in [0.15, 0.2) is 75.9 Å². The number of ether oxygens (including phenoxy) is 2. The first-order valence-electron chi connectivity index (χ1n) is 12.4. The minimum Gasteiger partial charge on any atom is -0.483 e. The van der Waals surface area contributed by atoms with Gasteiger partial charge in [0, 0.05) is 22.7 Å². The molecule has 0 saturated carbocycles. The van der Waals surface area contributed by atoms with Gasteiger partial charge in [-0.2, -0.15) is 13.2 Å². The van der Waals surface area contributed by atoms with Gasteiger partial charge in [-0.05, 0) is 66.4 Å². The monoisotopic (exact) mass is 553 g/mol. The number of halogens is 3.